The fourth-order valence-electron chi connectivity index (χ4n) is 1.89. The lowest BCUT2D eigenvalue weighted by molar-refractivity contribution is -0.386. The van der Waals surface area contributed by atoms with E-state index in [1.54, 1.807) is 13.0 Å². The lowest BCUT2D eigenvalue weighted by Crippen LogP contribution is -2.26. The molecule has 0 amide bonds. The summed E-state index contributed by atoms with van der Waals surface area (Å²) in [5.41, 5.74) is 0.151. The van der Waals surface area contributed by atoms with Crippen LogP contribution in [-0.2, 0) is 14.3 Å². The van der Waals surface area contributed by atoms with Crippen LogP contribution in [0.3, 0.4) is 0 Å². The lowest BCUT2D eigenvalue weighted by atomic mass is 10.0. The first-order chi connectivity index (χ1) is 9.54. The van der Waals surface area contributed by atoms with Crippen molar-refractivity contribution in [3.8, 4) is 0 Å². The Balaban J connectivity index is 2.36. The number of rotatable bonds is 4. The van der Waals surface area contributed by atoms with Crippen LogP contribution in [0.5, 0.6) is 0 Å². The van der Waals surface area contributed by atoms with Crippen molar-refractivity contribution in [1.29, 1.82) is 0 Å². The van der Waals surface area contributed by atoms with Gasteiger partial charge in [0.1, 0.15) is 0 Å². The zero-order valence-corrected chi connectivity index (χ0v) is 12.1. The molecule has 0 N–H and O–H groups in total. The molecule has 1 aliphatic heterocycles. The number of nitro groups is 1. The monoisotopic (exact) mass is 342 g/mol. The van der Waals surface area contributed by atoms with Gasteiger partial charge in [-0.3, -0.25) is 10.1 Å². The first-order valence-electron chi connectivity index (χ1n) is 5.82. The number of esters is 1. The fourth-order valence-corrected chi connectivity index (χ4v) is 2.24. The van der Waals surface area contributed by atoms with Crippen LogP contribution in [0.2, 0.25) is 0 Å². The molecule has 1 aromatic rings. The van der Waals surface area contributed by atoms with Crippen LogP contribution < -0.4 is 0 Å². The van der Waals surface area contributed by atoms with E-state index in [1.807, 2.05) is 0 Å². The lowest BCUT2D eigenvalue weighted by Gasteiger charge is -2.16. The van der Waals surface area contributed by atoms with Crippen molar-refractivity contribution in [2.45, 2.75) is 19.1 Å². The number of hydrogen-bond donors (Lipinski definition) is 0. The molecule has 0 saturated carbocycles. The number of hydrogen-bond acceptors (Lipinski definition) is 6. The van der Waals surface area contributed by atoms with Gasteiger partial charge in [-0.25, -0.2) is 9.79 Å². The van der Waals surface area contributed by atoms with Gasteiger partial charge in [-0.15, -0.1) is 0 Å². The molecule has 0 spiro atoms. The van der Waals surface area contributed by atoms with Crippen molar-refractivity contribution in [2.75, 3.05) is 6.61 Å². The third-order valence-electron chi connectivity index (χ3n) is 2.74. The molecule has 20 heavy (non-hydrogen) atoms. The van der Waals surface area contributed by atoms with Gasteiger partial charge in [0.15, 0.2) is 18.5 Å². The summed E-state index contributed by atoms with van der Waals surface area (Å²) in [5.74, 6) is -0.566. The molecular formula is C12H11BrN2O5. The van der Waals surface area contributed by atoms with Gasteiger partial charge in [0.25, 0.3) is 5.69 Å². The van der Waals surface area contributed by atoms with Gasteiger partial charge in [-0.2, -0.15) is 0 Å². The van der Waals surface area contributed by atoms with E-state index in [2.05, 4.69) is 20.9 Å². The summed E-state index contributed by atoms with van der Waals surface area (Å²) in [5, 5.41) is 11.1. The maximum absolute atomic E-state index is 11.8. The highest BCUT2D eigenvalue weighted by atomic mass is 79.9. The molecule has 2 unspecified atom stereocenters. The van der Waals surface area contributed by atoms with Gasteiger partial charge in [0.05, 0.1) is 17.1 Å². The molecule has 106 valence electrons. The second-order valence-electron chi connectivity index (χ2n) is 3.97. The summed E-state index contributed by atoms with van der Waals surface area (Å²) in [6.45, 7) is 1.88. The number of aliphatic imine (C=N–C) groups is 1. The van der Waals surface area contributed by atoms with Crippen molar-refractivity contribution in [3.63, 3.8) is 0 Å². The third kappa shape index (κ3) is 2.79. The molecule has 0 fully saturated rings. The Hall–Kier alpha value is -1.96. The molecule has 0 aliphatic carbocycles. The standard InChI is InChI=1S/C12H11BrN2O5/c1-2-19-12(16)10-11(20-6-14-10)8-4-3-7(13)5-9(8)15(17)18/h3-6,10-11H,2H2,1H3. The van der Waals surface area contributed by atoms with Crippen molar-refractivity contribution < 1.29 is 19.2 Å². The normalized spacial score (nSPS) is 20.5. The minimum absolute atomic E-state index is 0.135. The van der Waals surface area contributed by atoms with E-state index in [-0.39, 0.29) is 17.9 Å². The Labute approximate surface area is 122 Å². The van der Waals surface area contributed by atoms with Gasteiger partial charge < -0.3 is 9.47 Å². The number of carbonyl (C=O) groups excluding carboxylic acids is 1. The van der Waals surface area contributed by atoms with Gasteiger partial charge in [0.2, 0.25) is 0 Å². The minimum atomic E-state index is -0.921. The first kappa shape index (κ1) is 14.4. The summed E-state index contributed by atoms with van der Waals surface area (Å²) in [6.07, 6.45) is 0.278. The van der Waals surface area contributed by atoms with Crippen molar-refractivity contribution in [1.82, 2.24) is 0 Å². The maximum Gasteiger partial charge on any atom is 0.335 e. The minimum Gasteiger partial charge on any atom is -0.472 e. The SMILES string of the molecule is CCOC(=O)C1N=COC1c1ccc(Br)cc1[N+](=O)[O-]. The van der Waals surface area contributed by atoms with Crippen LogP contribution in [-0.4, -0.2) is 29.9 Å². The Kier molecular flexibility index (Phi) is 4.33. The molecule has 0 bridgehead atoms. The molecule has 0 saturated heterocycles. The maximum atomic E-state index is 11.8. The summed E-state index contributed by atoms with van der Waals surface area (Å²) in [7, 11) is 0. The summed E-state index contributed by atoms with van der Waals surface area (Å²) in [6, 6.07) is 3.62. The zero-order chi connectivity index (χ0) is 14.7. The second-order valence-corrected chi connectivity index (χ2v) is 4.88. The topological polar surface area (TPSA) is 91.0 Å². The van der Waals surface area contributed by atoms with Crippen LogP contribution in [0, 0.1) is 10.1 Å². The first-order valence-corrected chi connectivity index (χ1v) is 6.61. The molecule has 7 nitrogen and oxygen atoms in total. The van der Waals surface area contributed by atoms with Crippen LogP contribution in [0.25, 0.3) is 0 Å². The molecule has 1 aliphatic rings. The molecule has 2 rings (SSSR count). The molecule has 1 aromatic carbocycles. The number of carbonyl (C=O) groups is 1. The molecule has 0 radical (unpaired) electrons. The summed E-state index contributed by atoms with van der Waals surface area (Å²) < 4.78 is 10.7. The highest BCUT2D eigenvalue weighted by Gasteiger charge is 2.38. The Morgan fingerprint density at radius 1 is 1.60 bits per heavy atom. The Morgan fingerprint density at radius 2 is 2.35 bits per heavy atom. The average Bonchev–Trinajstić information content (AvgIpc) is 2.88. The number of nitro benzene ring substituents is 1. The van der Waals surface area contributed by atoms with Gasteiger partial charge >= 0.3 is 5.97 Å². The Bertz CT molecular complexity index is 575. The van der Waals surface area contributed by atoms with E-state index < -0.39 is 23.0 Å². The quantitative estimate of drug-likeness (QED) is 0.476. The van der Waals surface area contributed by atoms with E-state index in [1.165, 1.54) is 12.1 Å². The molecular weight excluding hydrogens is 332 g/mol. The van der Waals surface area contributed by atoms with Gasteiger partial charge in [-0.05, 0) is 19.1 Å². The van der Waals surface area contributed by atoms with Crippen LogP contribution in [0.4, 0.5) is 5.69 Å². The van der Waals surface area contributed by atoms with E-state index in [4.69, 9.17) is 9.47 Å². The summed E-state index contributed by atoms with van der Waals surface area (Å²) >= 11 is 3.17. The second kappa shape index (κ2) is 6.00. The highest BCUT2D eigenvalue weighted by Crippen LogP contribution is 2.35. The van der Waals surface area contributed by atoms with Crippen molar-refractivity contribution >= 4 is 34.0 Å². The summed E-state index contributed by atoms with van der Waals surface area (Å²) in [4.78, 5) is 26.2. The number of ether oxygens (including phenoxy) is 2. The number of halogens is 1. The zero-order valence-electron chi connectivity index (χ0n) is 10.5. The van der Waals surface area contributed by atoms with E-state index in [9.17, 15) is 14.9 Å². The number of benzene rings is 1. The molecule has 1 heterocycles. The van der Waals surface area contributed by atoms with Gasteiger partial charge in [-0.1, -0.05) is 15.9 Å². The fraction of sp³-hybridized carbons (Fsp3) is 0.333. The van der Waals surface area contributed by atoms with E-state index in [0.29, 0.717) is 4.47 Å². The van der Waals surface area contributed by atoms with Crippen LogP contribution in [0.1, 0.15) is 18.6 Å². The molecule has 0 aromatic heterocycles. The van der Waals surface area contributed by atoms with E-state index >= 15 is 0 Å². The highest BCUT2D eigenvalue weighted by molar-refractivity contribution is 9.10. The average molecular weight is 343 g/mol. The van der Waals surface area contributed by atoms with Crippen LogP contribution >= 0.6 is 15.9 Å². The largest absolute Gasteiger partial charge is 0.472 e. The van der Waals surface area contributed by atoms with Gasteiger partial charge in [0, 0.05) is 10.5 Å². The number of nitrogens with zero attached hydrogens (tertiary/aromatic N) is 2. The predicted octanol–water partition coefficient (Wildman–Crippen LogP) is 2.39. The van der Waals surface area contributed by atoms with Crippen molar-refractivity contribution in [2.24, 2.45) is 4.99 Å². The molecule has 2 atom stereocenters. The van der Waals surface area contributed by atoms with E-state index in [0.717, 1.165) is 6.40 Å². The predicted molar refractivity (Wildman–Crippen MR) is 73.5 cm³/mol. The molecule has 8 heteroatoms. The third-order valence-corrected chi connectivity index (χ3v) is 3.23. The van der Waals surface area contributed by atoms with Crippen molar-refractivity contribution in [3.05, 3.63) is 38.3 Å². The smallest absolute Gasteiger partial charge is 0.335 e. The van der Waals surface area contributed by atoms with Crippen LogP contribution in [0.15, 0.2) is 27.7 Å². The Morgan fingerprint density at radius 3 is 3.00 bits per heavy atom.